The fourth-order valence-corrected chi connectivity index (χ4v) is 2.75. The second kappa shape index (κ2) is 10.3. The zero-order valence-corrected chi connectivity index (χ0v) is 18.2. The molecule has 2 N–H and O–H groups in total. The van der Waals surface area contributed by atoms with E-state index in [0.717, 1.165) is 18.2 Å². The highest BCUT2D eigenvalue weighted by atomic mass is 127. The van der Waals surface area contributed by atoms with Crippen LogP contribution in [0.2, 0.25) is 0 Å². The molecular formula is C20H21F3IN5. The van der Waals surface area contributed by atoms with Crippen LogP contribution in [0.3, 0.4) is 0 Å². The molecule has 0 fully saturated rings. The standard InChI is InChI=1S/C20H20F3N5.HI/c1-13-25-7-8-28(13)19-6-3-14(9-18(19)23)11-26-20(24-2)27-12-15-10-16(21)4-5-17(15)22;/h3-10H,11-12H2,1-2H3,(H2,24,26,27);1H. The predicted molar refractivity (Wildman–Crippen MR) is 117 cm³/mol. The summed E-state index contributed by atoms with van der Waals surface area (Å²) in [4.78, 5) is 8.13. The van der Waals surface area contributed by atoms with E-state index in [9.17, 15) is 13.2 Å². The smallest absolute Gasteiger partial charge is 0.191 e. The lowest BCUT2D eigenvalue weighted by Gasteiger charge is -2.13. The summed E-state index contributed by atoms with van der Waals surface area (Å²) in [6, 6.07) is 8.18. The van der Waals surface area contributed by atoms with E-state index >= 15 is 0 Å². The molecule has 154 valence electrons. The number of aryl methyl sites for hydroxylation is 1. The Morgan fingerprint density at radius 3 is 2.45 bits per heavy atom. The van der Waals surface area contributed by atoms with Crippen molar-refractivity contribution in [1.82, 2.24) is 20.2 Å². The lowest BCUT2D eigenvalue weighted by atomic mass is 10.2. The molecule has 1 aromatic heterocycles. The average Bonchev–Trinajstić information content (AvgIpc) is 3.10. The van der Waals surface area contributed by atoms with E-state index in [2.05, 4.69) is 20.6 Å². The van der Waals surface area contributed by atoms with E-state index in [1.807, 2.05) is 0 Å². The van der Waals surface area contributed by atoms with Gasteiger partial charge in [-0.05, 0) is 42.8 Å². The van der Waals surface area contributed by atoms with E-state index in [4.69, 9.17) is 0 Å². The van der Waals surface area contributed by atoms with Crippen molar-refractivity contribution in [3.8, 4) is 5.69 Å². The Morgan fingerprint density at radius 2 is 1.79 bits per heavy atom. The van der Waals surface area contributed by atoms with Crippen LogP contribution in [0.15, 0.2) is 53.8 Å². The Hall–Kier alpha value is -2.56. The number of hydrogen-bond donors (Lipinski definition) is 2. The van der Waals surface area contributed by atoms with Crippen molar-refractivity contribution < 1.29 is 13.2 Å². The summed E-state index contributed by atoms with van der Waals surface area (Å²) in [5, 5.41) is 5.93. The molecule has 0 atom stereocenters. The van der Waals surface area contributed by atoms with Crippen LogP contribution in [0, 0.1) is 24.4 Å². The van der Waals surface area contributed by atoms with Gasteiger partial charge in [-0.1, -0.05) is 6.07 Å². The summed E-state index contributed by atoms with van der Waals surface area (Å²) in [7, 11) is 1.56. The third kappa shape index (κ3) is 5.72. The summed E-state index contributed by atoms with van der Waals surface area (Å²) in [6.45, 7) is 2.17. The highest BCUT2D eigenvalue weighted by Crippen LogP contribution is 2.16. The van der Waals surface area contributed by atoms with Crippen molar-refractivity contribution in [2.75, 3.05) is 7.05 Å². The van der Waals surface area contributed by atoms with E-state index in [1.165, 1.54) is 6.07 Å². The zero-order valence-electron chi connectivity index (χ0n) is 15.9. The van der Waals surface area contributed by atoms with E-state index < -0.39 is 11.6 Å². The fourth-order valence-electron chi connectivity index (χ4n) is 2.75. The molecule has 5 nitrogen and oxygen atoms in total. The minimum Gasteiger partial charge on any atom is -0.352 e. The number of imidazole rings is 1. The van der Waals surface area contributed by atoms with Crippen LogP contribution in [-0.2, 0) is 13.1 Å². The van der Waals surface area contributed by atoms with Crippen molar-refractivity contribution in [1.29, 1.82) is 0 Å². The van der Waals surface area contributed by atoms with E-state index in [1.54, 1.807) is 43.1 Å². The van der Waals surface area contributed by atoms with Gasteiger partial charge in [0, 0.05) is 38.1 Å². The van der Waals surface area contributed by atoms with Crippen LogP contribution in [0.1, 0.15) is 17.0 Å². The van der Waals surface area contributed by atoms with Crippen LogP contribution in [-0.4, -0.2) is 22.6 Å². The van der Waals surface area contributed by atoms with Crippen LogP contribution in [0.25, 0.3) is 5.69 Å². The van der Waals surface area contributed by atoms with Gasteiger partial charge in [-0.15, -0.1) is 24.0 Å². The summed E-state index contributed by atoms with van der Waals surface area (Å²) < 4.78 is 43.0. The molecule has 3 aromatic rings. The SMILES string of the molecule is CN=C(NCc1ccc(-n2ccnc2C)c(F)c1)NCc1cc(F)ccc1F.I. The summed E-state index contributed by atoms with van der Waals surface area (Å²) in [5.41, 5.74) is 1.32. The first-order chi connectivity index (χ1) is 13.5. The van der Waals surface area contributed by atoms with Crippen molar-refractivity contribution in [2.45, 2.75) is 20.0 Å². The molecule has 0 saturated heterocycles. The Morgan fingerprint density at radius 1 is 1.03 bits per heavy atom. The number of hydrogen-bond acceptors (Lipinski definition) is 2. The monoisotopic (exact) mass is 515 g/mol. The van der Waals surface area contributed by atoms with Gasteiger partial charge >= 0.3 is 0 Å². The zero-order chi connectivity index (χ0) is 20.1. The third-order valence-electron chi connectivity index (χ3n) is 4.23. The van der Waals surface area contributed by atoms with Gasteiger partial charge in [0.25, 0.3) is 0 Å². The Bertz CT molecular complexity index is 1000. The number of aliphatic imine (C=N–C) groups is 1. The molecule has 0 radical (unpaired) electrons. The highest BCUT2D eigenvalue weighted by molar-refractivity contribution is 14.0. The largest absolute Gasteiger partial charge is 0.352 e. The van der Waals surface area contributed by atoms with Crippen LogP contribution in [0.4, 0.5) is 13.2 Å². The molecule has 29 heavy (non-hydrogen) atoms. The fraction of sp³-hybridized carbons (Fsp3) is 0.200. The maximum absolute atomic E-state index is 14.5. The highest BCUT2D eigenvalue weighted by Gasteiger charge is 2.09. The number of rotatable bonds is 5. The molecule has 9 heteroatoms. The maximum Gasteiger partial charge on any atom is 0.191 e. The molecule has 0 saturated carbocycles. The second-order valence-corrected chi connectivity index (χ2v) is 6.15. The van der Waals surface area contributed by atoms with Gasteiger partial charge in [-0.2, -0.15) is 0 Å². The number of aromatic nitrogens is 2. The quantitative estimate of drug-likeness (QED) is 0.306. The average molecular weight is 515 g/mol. The summed E-state index contributed by atoms with van der Waals surface area (Å²) in [5.74, 6) is -0.301. The van der Waals surface area contributed by atoms with Gasteiger partial charge < -0.3 is 15.2 Å². The summed E-state index contributed by atoms with van der Waals surface area (Å²) in [6.07, 6.45) is 3.31. The molecule has 0 aliphatic heterocycles. The van der Waals surface area contributed by atoms with E-state index in [-0.39, 0.29) is 41.9 Å². The minimum absolute atomic E-state index is 0. The Labute approximate surface area is 184 Å². The van der Waals surface area contributed by atoms with Gasteiger partial charge in [0.05, 0.1) is 5.69 Å². The van der Waals surface area contributed by atoms with Crippen LogP contribution >= 0.6 is 24.0 Å². The van der Waals surface area contributed by atoms with Crippen molar-refractivity contribution in [3.63, 3.8) is 0 Å². The number of nitrogens with zero attached hydrogens (tertiary/aromatic N) is 3. The Kier molecular flexibility index (Phi) is 8.06. The number of halogens is 4. The topological polar surface area (TPSA) is 54.2 Å². The first-order valence-electron chi connectivity index (χ1n) is 8.65. The minimum atomic E-state index is -0.509. The van der Waals surface area contributed by atoms with Crippen molar-refractivity contribution in [2.24, 2.45) is 4.99 Å². The van der Waals surface area contributed by atoms with Crippen molar-refractivity contribution in [3.05, 3.63) is 83.2 Å². The molecule has 0 aliphatic carbocycles. The maximum atomic E-state index is 14.5. The van der Waals surface area contributed by atoms with Gasteiger partial charge in [0.15, 0.2) is 5.96 Å². The molecule has 3 rings (SSSR count). The van der Waals surface area contributed by atoms with Gasteiger partial charge in [0.1, 0.15) is 23.3 Å². The first kappa shape index (κ1) is 22.7. The number of benzene rings is 2. The lowest BCUT2D eigenvalue weighted by Crippen LogP contribution is -2.36. The molecule has 0 unspecified atom stereocenters. The molecule has 0 aliphatic rings. The number of guanidine groups is 1. The third-order valence-corrected chi connectivity index (χ3v) is 4.23. The number of nitrogens with one attached hydrogen (secondary N) is 2. The molecule has 0 bridgehead atoms. The first-order valence-corrected chi connectivity index (χ1v) is 8.65. The van der Waals surface area contributed by atoms with E-state index in [0.29, 0.717) is 29.6 Å². The van der Waals surface area contributed by atoms with Crippen molar-refractivity contribution >= 4 is 29.9 Å². The van der Waals surface area contributed by atoms with Crippen LogP contribution in [0.5, 0.6) is 0 Å². The Balaban J connectivity index is 0.00000300. The molecule has 0 amide bonds. The molecular weight excluding hydrogens is 494 g/mol. The van der Waals surface area contributed by atoms with Gasteiger partial charge in [0.2, 0.25) is 0 Å². The van der Waals surface area contributed by atoms with Gasteiger partial charge in [-0.3, -0.25) is 4.99 Å². The second-order valence-electron chi connectivity index (χ2n) is 6.15. The molecule has 1 heterocycles. The predicted octanol–water partition coefficient (Wildman–Crippen LogP) is 4.08. The lowest BCUT2D eigenvalue weighted by molar-refractivity contribution is 0.581. The molecule has 0 spiro atoms. The molecule has 2 aromatic carbocycles. The normalized spacial score (nSPS) is 11.1. The van der Waals surface area contributed by atoms with Crippen LogP contribution < -0.4 is 10.6 Å². The summed E-state index contributed by atoms with van der Waals surface area (Å²) >= 11 is 0. The van der Waals surface area contributed by atoms with Gasteiger partial charge in [-0.25, -0.2) is 18.2 Å².